The minimum Gasteiger partial charge on any atom is -0.356 e. The van der Waals surface area contributed by atoms with Gasteiger partial charge in [0, 0.05) is 19.3 Å². The number of carbonyl (C=O) groups excluding carboxylic acids is 3. The monoisotopic (exact) mass is 504 g/mol. The van der Waals surface area contributed by atoms with Crippen molar-refractivity contribution < 1.29 is 24.3 Å². The van der Waals surface area contributed by atoms with Crippen LogP contribution in [-0.2, 0) is 19.1 Å². The molecule has 1 saturated heterocycles. The number of rotatable bonds is 10. The molecule has 1 aliphatic rings. The lowest BCUT2D eigenvalue weighted by Gasteiger charge is -2.44. The first-order valence-electron chi connectivity index (χ1n) is 11.8. The van der Waals surface area contributed by atoms with Crippen LogP contribution in [0.25, 0.3) is 6.08 Å². The lowest BCUT2D eigenvalue weighted by Crippen LogP contribution is -2.65. The van der Waals surface area contributed by atoms with Crippen molar-refractivity contribution in [3.05, 3.63) is 42.0 Å². The summed E-state index contributed by atoms with van der Waals surface area (Å²) in [5.74, 6) is -1.64. The number of thiocarbonyl (C=S) groups is 1. The number of ether oxygens (including phenoxy) is 1. The van der Waals surface area contributed by atoms with E-state index in [0.717, 1.165) is 15.6 Å². The van der Waals surface area contributed by atoms with E-state index in [4.69, 9.17) is 22.7 Å². The molecule has 0 aromatic heterocycles. The fourth-order valence-electron chi connectivity index (χ4n) is 3.68. The maximum atomic E-state index is 13.6. The predicted molar refractivity (Wildman–Crippen MR) is 137 cm³/mol. The summed E-state index contributed by atoms with van der Waals surface area (Å²) in [6.45, 7) is 5.74. The first-order chi connectivity index (χ1) is 16.6. The number of nitrogens with one attached hydrogen (secondary N) is 1. The van der Waals surface area contributed by atoms with Gasteiger partial charge in [0.25, 0.3) is 11.8 Å². The average Bonchev–Trinajstić information content (AvgIpc) is 2.83. The van der Waals surface area contributed by atoms with Crippen molar-refractivity contribution in [2.75, 3.05) is 6.61 Å². The van der Waals surface area contributed by atoms with E-state index in [9.17, 15) is 19.6 Å². The number of nitrogens with two attached hydrogens (primary N) is 1. The number of hydrogen-bond acceptors (Lipinski definition) is 7. The van der Waals surface area contributed by atoms with Gasteiger partial charge in [-0.2, -0.15) is 0 Å². The summed E-state index contributed by atoms with van der Waals surface area (Å²) >= 11 is 5.37. The Kier molecular flexibility index (Phi) is 11.5. The molecular weight excluding hydrogens is 468 g/mol. The standard InChI is InChI=1S/C25H36N4O5S/c1-17(2)12-13-22(30)28(29(25(32)18(3)26)23-16-20(35)14-15-34-23)21(24(31)27-33)11-7-10-19-8-5-4-6-9-19/h4-10,17-18,21,23,33H,11-16,26H2,1-3H3,(H,27,31)/t18-,21-,23+/m1/s1. The van der Waals surface area contributed by atoms with E-state index in [0.29, 0.717) is 17.7 Å². The van der Waals surface area contributed by atoms with Crippen LogP contribution in [0.1, 0.15) is 58.4 Å². The van der Waals surface area contributed by atoms with Gasteiger partial charge in [-0.25, -0.2) is 15.5 Å². The highest BCUT2D eigenvalue weighted by molar-refractivity contribution is 7.80. The normalized spacial score (nSPS) is 17.8. The number of nitrogens with zero attached hydrogens (tertiary/aromatic N) is 2. The third-order valence-corrected chi connectivity index (χ3v) is 5.95. The first kappa shape index (κ1) is 28.6. The van der Waals surface area contributed by atoms with Gasteiger partial charge >= 0.3 is 0 Å². The summed E-state index contributed by atoms with van der Waals surface area (Å²) in [6.07, 6.45) is 4.11. The van der Waals surface area contributed by atoms with Crippen molar-refractivity contribution >= 4 is 40.9 Å². The second-order valence-electron chi connectivity index (χ2n) is 9.00. The number of hydroxylamine groups is 1. The molecule has 10 heteroatoms. The lowest BCUT2D eigenvalue weighted by atomic mass is 10.1. The zero-order valence-electron chi connectivity index (χ0n) is 20.6. The Hall–Kier alpha value is -2.66. The lowest BCUT2D eigenvalue weighted by molar-refractivity contribution is -0.204. The summed E-state index contributed by atoms with van der Waals surface area (Å²) in [7, 11) is 0. The van der Waals surface area contributed by atoms with Gasteiger partial charge in [0.2, 0.25) is 5.91 Å². The molecule has 0 aliphatic carbocycles. The van der Waals surface area contributed by atoms with Crippen molar-refractivity contribution in [1.82, 2.24) is 15.5 Å². The molecule has 0 saturated carbocycles. The third kappa shape index (κ3) is 8.50. The average molecular weight is 505 g/mol. The highest BCUT2D eigenvalue weighted by atomic mass is 32.1. The molecule has 192 valence electrons. The zero-order chi connectivity index (χ0) is 26.0. The summed E-state index contributed by atoms with van der Waals surface area (Å²) in [5, 5.41) is 11.7. The van der Waals surface area contributed by atoms with E-state index in [1.165, 1.54) is 6.92 Å². The molecule has 35 heavy (non-hydrogen) atoms. The Labute approximate surface area is 212 Å². The van der Waals surface area contributed by atoms with E-state index in [-0.39, 0.29) is 31.8 Å². The molecule has 4 N–H and O–H groups in total. The zero-order valence-corrected chi connectivity index (χ0v) is 21.4. The molecular formula is C25H36N4O5S. The molecule has 0 radical (unpaired) electrons. The predicted octanol–water partition coefficient (Wildman–Crippen LogP) is 2.83. The van der Waals surface area contributed by atoms with Crippen LogP contribution in [0, 0.1) is 5.92 Å². The molecule has 0 unspecified atom stereocenters. The summed E-state index contributed by atoms with van der Waals surface area (Å²) < 4.78 is 5.83. The number of benzene rings is 1. The van der Waals surface area contributed by atoms with Crippen LogP contribution in [0.5, 0.6) is 0 Å². The maximum Gasteiger partial charge on any atom is 0.268 e. The van der Waals surface area contributed by atoms with Crippen LogP contribution in [0.4, 0.5) is 0 Å². The van der Waals surface area contributed by atoms with Crippen LogP contribution in [0.2, 0.25) is 0 Å². The Morgan fingerprint density at radius 3 is 2.51 bits per heavy atom. The number of carbonyl (C=O) groups is 3. The first-order valence-corrected chi connectivity index (χ1v) is 12.3. The maximum absolute atomic E-state index is 13.6. The fourth-order valence-corrected chi connectivity index (χ4v) is 3.90. The fraction of sp³-hybridized carbons (Fsp3) is 0.520. The van der Waals surface area contributed by atoms with Crippen LogP contribution in [0.3, 0.4) is 0 Å². The van der Waals surface area contributed by atoms with Crippen LogP contribution in [0.15, 0.2) is 36.4 Å². The van der Waals surface area contributed by atoms with E-state index in [1.54, 1.807) is 17.6 Å². The van der Waals surface area contributed by atoms with Crippen molar-refractivity contribution in [2.24, 2.45) is 11.7 Å². The smallest absolute Gasteiger partial charge is 0.268 e. The molecule has 2 rings (SSSR count). The molecule has 3 amide bonds. The molecule has 1 aromatic rings. The molecule has 1 fully saturated rings. The molecule has 3 atom stereocenters. The van der Waals surface area contributed by atoms with Crippen LogP contribution in [-0.4, -0.2) is 62.7 Å². The van der Waals surface area contributed by atoms with Gasteiger partial charge in [-0.1, -0.05) is 68.5 Å². The molecule has 0 bridgehead atoms. The van der Waals surface area contributed by atoms with Crippen LogP contribution < -0.4 is 11.2 Å². The van der Waals surface area contributed by atoms with Crippen molar-refractivity contribution in [3.8, 4) is 0 Å². The topological polar surface area (TPSA) is 125 Å². The van der Waals surface area contributed by atoms with E-state index in [1.807, 2.05) is 44.2 Å². The minimum atomic E-state index is -1.22. The van der Waals surface area contributed by atoms with Gasteiger partial charge in [0.15, 0.2) is 6.23 Å². The van der Waals surface area contributed by atoms with E-state index < -0.39 is 36.0 Å². The number of hydrazine groups is 1. The minimum absolute atomic E-state index is 0.0363. The molecule has 9 nitrogen and oxygen atoms in total. The van der Waals surface area contributed by atoms with Crippen molar-refractivity contribution in [1.29, 1.82) is 0 Å². The third-order valence-electron chi connectivity index (χ3n) is 5.58. The van der Waals surface area contributed by atoms with E-state index >= 15 is 0 Å². The van der Waals surface area contributed by atoms with Gasteiger partial charge < -0.3 is 10.5 Å². The van der Waals surface area contributed by atoms with Crippen LogP contribution >= 0.6 is 12.2 Å². The highest BCUT2D eigenvalue weighted by Gasteiger charge is 2.42. The molecule has 1 heterocycles. The van der Waals surface area contributed by atoms with Gasteiger partial charge in [-0.3, -0.25) is 19.6 Å². The molecule has 0 spiro atoms. The second-order valence-corrected chi connectivity index (χ2v) is 9.58. The largest absolute Gasteiger partial charge is 0.356 e. The summed E-state index contributed by atoms with van der Waals surface area (Å²) in [4.78, 5) is 40.4. The SMILES string of the molecule is CC(C)CCC(=O)N([C@H](CC=Cc1ccccc1)C(=O)NO)N(C(=O)[C@@H](C)N)[C@@H]1CC(=S)CCO1. The Bertz CT molecular complexity index is 906. The quantitative estimate of drug-likeness (QED) is 0.254. The number of amides is 3. The van der Waals surface area contributed by atoms with Gasteiger partial charge in [0.1, 0.15) is 6.04 Å². The Morgan fingerprint density at radius 2 is 1.94 bits per heavy atom. The van der Waals surface area contributed by atoms with E-state index in [2.05, 4.69) is 0 Å². The Morgan fingerprint density at radius 1 is 1.26 bits per heavy atom. The van der Waals surface area contributed by atoms with Gasteiger partial charge in [0.05, 0.1) is 12.6 Å². The van der Waals surface area contributed by atoms with Gasteiger partial charge in [-0.05, 0) is 36.1 Å². The number of hydrogen-bond donors (Lipinski definition) is 3. The molecule has 1 aliphatic heterocycles. The Balaban J connectivity index is 2.50. The van der Waals surface area contributed by atoms with Crippen molar-refractivity contribution in [2.45, 2.75) is 71.2 Å². The highest BCUT2D eigenvalue weighted by Crippen LogP contribution is 2.24. The summed E-state index contributed by atoms with van der Waals surface area (Å²) in [5.41, 5.74) is 8.49. The van der Waals surface area contributed by atoms with Gasteiger partial charge in [-0.15, -0.1) is 0 Å². The second kappa shape index (κ2) is 14.0. The molecule has 1 aromatic carbocycles. The van der Waals surface area contributed by atoms with Crippen molar-refractivity contribution in [3.63, 3.8) is 0 Å². The summed E-state index contributed by atoms with van der Waals surface area (Å²) in [6, 6.07) is 7.25.